The van der Waals surface area contributed by atoms with Crippen LogP contribution in [0.15, 0.2) is 24.3 Å². The standard InChI is InChI=1S/C14H19NOS/c1-11-4-3-5-13(8-11)9-14(16)15-6-7-17-12(2)10-15/h3-5,8,12H,6-7,9-10H2,1-2H3. The normalized spacial score (nSPS) is 20.4. The molecule has 1 fully saturated rings. The van der Waals surface area contributed by atoms with Gasteiger partial charge in [0.1, 0.15) is 0 Å². The second kappa shape index (κ2) is 5.58. The van der Waals surface area contributed by atoms with E-state index in [4.69, 9.17) is 0 Å². The molecule has 1 amide bonds. The number of amides is 1. The van der Waals surface area contributed by atoms with Gasteiger partial charge in [0.05, 0.1) is 6.42 Å². The highest BCUT2D eigenvalue weighted by Crippen LogP contribution is 2.18. The van der Waals surface area contributed by atoms with Crippen LogP contribution in [-0.2, 0) is 11.2 Å². The summed E-state index contributed by atoms with van der Waals surface area (Å²) in [6.45, 7) is 6.05. The summed E-state index contributed by atoms with van der Waals surface area (Å²) >= 11 is 1.95. The Morgan fingerprint density at radius 3 is 3.06 bits per heavy atom. The molecule has 1 saturated heterocycles. The smallest absolute Gasteiger partial charge is 0.227 e. The molecule has 1 aliphatic heterocycles. The van der Waals surface area contributed by atoms with Crippen LogP contribution in [0.1, 0.15) is 18.1 Å². The van der Waals surface area contributed by atoms with Crippen LogP contribution in [0, 0.1) is 6.92 Å². The van der Waals surface area contributed by atoms with Gasteiger partial charge in [0.15, 0.2) is 0 Å². The lowest BCUT2D eigenvalue weighted by Gasteiger charge is -2.30. The van der Waals surface area contributed by atoms with Crippen LogP contribution in [0.5, 0.6) is 0 Å². The van der Waals surface area contributed by atoms with Crippen molar-refractivity contribution in [2.24, 2.45) is 0 Å². The first-order chi connectivity index (χ1) is 8.15. The minimum Gasteiger partial charge on any atom is -0.340 e. The van der Waals surface area contributed by atoms with Crippen LogP contribution in [0.25, 0.3) is 0 Å². The van der Waals surface area contributed by atoms with E-state index in [9.17, 15) is 4.79 Å². The molecule has 1 unspecified atom stereocenters. The number of benzene rings is 1. The van der Waals surface area contributed by atoms with Gasteiger partial charge in [-0.25, -0.2) is 0 Å². The number of rotatable bonds is 2. The molecule has 2 rings (SSSR count). The Balaban J connectivity index is 1.96. The number of hydrogen-bond acceptors (Lipinski definition) is 2. The predicted octanol–water partition coefficient (Wildman–Crippen LogP) is 2.50. The molecule has 0 spiro atoms. The van der Waals surface area contributed by atoms with Crippen molar-refractivity contribution >= 4 is 17.7 Å². The highest BCUT2D eigenvalue weighted by molar-refractivity contribution is 7.99. The van der Waals surface area contributed by atoms with Crippen molar-refractivity contribution in [3.8, 4) is 0 Å². The molecule has 92 valence electrons. The fourth-order valence-corrected chi connectivity index (χ4v) is 3.17. The maximum absolute atomic E-state index is 12.1. The van der Waals surface area contributed by atoms with Gasteiger partial charge in [-0.05, 0) is 12.5 Å². The summed E-state index contributed by atoms with van der Waals surface area (Å²) < 4.78 is 0. The Hall–Kier alpha value is -0.960. The van der Waals surface area contributed by atoms with Gasteiger partial charge in [-0.1, -0.05) is 36.8 Å². The minimum absolute atomic E-state index is 0.266. The second-order valence-corrected chi connectivity index (χ2v) is 6.23. The Labute approximate surface area is 107 Å². The molecule has 0 bridgehead atoms. The molecular formula is C14H19NOS. The number of carbonyl (C=O) groups excluding carboxylic acids is 1. The third kappa shape index (κ3) is 3.50. The number of aryl methyl sites for hydroxylation is 1. The van der Waals surface area contributed by atoms with Gasteiger partial charge in [0.25, 0.3) is 0 Å². The molecule has 17 heavy (non-hydrogen) atoms. The molecule has 0 aliphatic carbocycles. The molecule has 0 aromatic heterocycles. The van der Waals surface area contributed by atoms with Crippen LogP contribution in [-0.4, -0.2) is 34.9 Å². The third-order valence-electron chi connectivity index (χ3n) is 3.03. The molecule has 1 aromatic carbocycles. The average molecular weight is 249 g/mol. The molecular weight excluding hydrogens is 230 g/mol. The largest absolute Gasteiger partial charge is 0.340 e. The zero-order valence-electron chi connectivity index (χ0n) is 10.5. The van der Waals surface area contributed by atoms with E-state index in [1.165, 1.54) is 5.56 Å². The Bertz CT molecular complexity index is 405. The number of thioether (sulfide) groups is 1. The quantitative estimate of drug-likeness (QED) is 0.802. The van der Waals surface area contributed by atoms with Crippen molar-refractivity contribution in [1.29, 1.82) is 0 Å². The molecule has 1 atom stereocenters. The molecule has 0 N–H and O–H groups in total. The summed E-state index contributed by atoms with van der Waals surface area (Å²) in [4.78, 5) is 14.1. The highest BCUT2D eigenvalue weighted by Gasteiger charge is 2.21. The van der Waals surface area contributed by atoms with E-state index in [0.717, 1.165) is 24.4 Å². The van der Waals surface area contributed by atoms with Gasteiger partial charge in [0, 0.05) is 24.1 Å². The van der Waals surface area contributed by atoms with E-state index in [1.807, 2.05) is 28.8 Å². The molecule has 1 aliphatic rings. The van der Waals surface area contributed by atoms with Crippen molar-refractivity contribution in [2.45, 2.75) is 25.5 Å². The first kappa shape index (κ1) is 12.5. The number of nitrogens with zero attached hydrogens (tertiary/aromatic N) is 1. The third-order valence-corrected chi connectivity index (χ3v) is 4.17. The fraction of sp³-hybridized carbons (Fsp3) is 0.500. The predicted molar refractivity (Wildman–Crippen MR) is 73.4 cm³/mol. The summed E-state index contributed by atoms with van der Waals surface area (Å²) in [7, 11) is 0. The lowest BCUT2D eigenvalue weighted by molar-refractivity contribution is -0.130. The number of carbonyl (C=O) groups is 1. The van der Waals surface area contributed by atoms with E-state index in [0.29, 0.717) is 11.7 Å². The van der Waals surface area contributed by atoms with E-state index in [2.05, 4.69) is 26.0 Å². The highest BCUT2D eigenvalue weighted by atomic mass is 32.2. The summed E-state index contributed by atoms with van der Waals surface area (Å²) in [5, 5.41) is 0.574. The maximum atomic E-state index is 12.1. The van der Waals surface area contributed by atoms with Gasteiger partial charge < -0.3 is 4.90 Å². The van der Waals surface area contributed by atoms with E-state index < -0.39 is 0 Å². The maximum Gasteiger partial charge on any atom is 0.227 e. The van der Waals surface area contributed by atoms with E-state index >= 15 is 0 Å². The summed E-state index contributed by atoms with van der Waals surface area (Å²) in [6.07, 6.45) is 0.541. The molecule has 0 saturated carbocycles. The van der Waals surface area contributed by atoms with E-state index in [-0.39, 0.29) is 5.91 Å². The van der Waals surface area contributed by atoms with Crippen LogP contribution in [0.4, 0.5) is 0 Å². The monoisotopic (exact) mass is 249 g/mol. The average Bonchev–Trinajstić information content (AvgIpc) is 2.29. The molecule has 2 nitrogen and oxygen atoms in total. The van der Waals surface area contributed by atoms with Gasteiger partial charge in [-0.15, -0.1) is 0 Å². The van der Waals surface area contributed by atoms with Crippen LogP contribution in [0.3, 0.4) is 0 Å². The van der Waals surface area contributed by atoms with Crippen molar-refractivity contribution in [2.75, 3.05) is 18.8 Å². The Kier molecular flexibility index (Phi) is 4.11. The van der Waals surface area contributed by atoms with Gasteiger partial charge in [-0.2, -0.15) is 11.8 Å². The Morgan fingerprint density at radius 1 is 1.53 bits per heavy atom. The minimum atomic E-state index is 0.266. The topological polar surface area (TPSA) is 20.3 Å². The van der Waals surface area contributed by atoms with Gasteiger partial charge in [-0.3, -0.25) is 4.79 Å². The Morgan fingerprint density at radius 2 is 2.35 bits per heavy atom. The van der Waals surface area contributed by atoms with Crippen molar-refractivity contribution in [1.82, 2.24) is 4.90 Å². The van der Waals surface area contributed by atoms with Crippen molar-refractivity contribution in [3.63, 3.8) is 0 Å². The summed E-state index contributed by atoms with van der Waals surface area (Å²) in [5.41, 5.74) is 2.35. The first-order valence-corrected chi connectivity index (χ1v) is 7.15. The van der Waals surface area contributed by atoms with Gasteiger partial charge in [0.2, 0.25) is 5.91 Å². The van der Waals surface area contributed by atoms with Crippen LogP contribution < -0.4 is 0 Å². The SMILES string of the molecule is Cc1cccc(CC(=O)N2CCSC(C)C2)c1. The molecule has 1 heterocycles. The summed E-state index contributed by atoms with van der Waals surface area (Å²) in [6, 6.07) is 8.22. The molecule has 3 heteroatoms. The van der Waals surface area contributed by atoms with Crippen LogP contribution in [0.2, 0.25) is 0 Å². The fourth-order valence-electron chi connectivity index (χ4n) is 2.15. The molecule has 0 radical (unpaired) electrons. The summed E-state index contributed by atoms with van der Waals surface area (Å²) in [5.74, 6) is 1.34. The second-order valence-electron chi connectivity index (χ2n) is 4.69. The van der Waals surface area contributed by atoms with Crippen molar-refractivity contribution < 1.29 is 4.79 Å². The van der Waals surface area contributed by atoms with Crippen molar-refractivity contribution in [3.05, 3.63) is 35.4 Å². The number of hydrogen-bond donors (Lipinski definition) is 0. The zero-order valence-corrected chi connectivity index (χ0v) is 11.3. The van der Waals surface area contributed by atoms with Gasteiger partial charge >= 0.3 is 0 Å². The van der Waals surface area contributed by atoms with Crippen LogP contribution >= 0.6 is 11.8 Å². The molecule has 1 aromatic rings. The lowest BCUT2D eigenvalue weighted by Crippen LogP contribution is -2.41. The first-order valence-electron chi connectivity index (χ1n) is 6.10. The zero-order chi connectivity index (χ0) is 12.3. The lowest BCUT2D eigenvalue weighted by atomic mass is 10.1. The van der Waals surface area contributed by atoms with E-state index in [1.54, 1.807) is 0 Å².